The lowest BCUT2D eigenvalue weighted by atomic mass is 9.93. The number of aromatic nitrogens is 5. The van der Waals surface area contributed by atoms with Crippen molar-refractivity contribution in [2.75, 3.05) is 71.4 Å². The molecule has 3 aromatic heterocycles. The second kappa shape index (κ2) is 27.3. The van der Waals surface area contributed by atoms with Gasteiger partial charge in [0.25, 0.3) is 17.7 Å². The minimum absolute atomic E-state index is 0.00340. The van der Waals surface area contributed by atoms with Crippen molar-refractivity contribution in [2.24, 2.45) is 13.0 Å². The first-order valence-corrected chi connectivity index (χ1v) is 27.4. The van der Waals surface area contributed by atoms with Gasteiger partial charge >= 0.3 is 0 Å². The van der Waals surface area contributed by atoms with E-state index in [1.165, 1.54) is 29.5 Å². The largest absolute Gasteiger partial charge is 0.383 e. The maximum atomic E-state index is 13.2. The molecule has 3 amide bonds. The van der Waals surface area contributed by atoms with Crippen molar-refractivity contribution in [3.05, 3.63) is 172 Å². The summed E-state index contributed by atoms with van der Waals surface area (Å²) in [5.74, 6) is 1.73. The number of anilines is 1. The molecular formula is C61H79N11O4. The standard InChI is InChI=1S/C24H29N3O.C19H26N4O2.C18H24N4O/c28-24(23-11-5-4-10-22(23)21-12-13-25-19-21)27-17-15-26(16-18-27)14-6-9-20-7-2-1-3-8-20;1-14-11-20-22(2)18(14)21-19(24)16-7-4-6-15(10-16)12-23-9-5-8-17(23)13-25-3;1-4-9-22-11-15(13(3)21-22)18(23)20-17(14-5-6-14)16-10-12(2)7-8-19-16/h1-11,21,25H,12-19H2;4,6-7,10-11,17H,5,8-9,12-13H2,1-3H3,(H,21,24);7-8,10-11,14,17H,4-6,9H2,1-3H3,(H,20,23)/b9-6+;;/t;17-;/m.0./s1. The van der Waals surface area contributed by atoms with Crippen LogP contribution in [-0.4, -0.2) is 129 Å². The lowest BCUT2D eigenvalue weighted by Gasteiger charge is -2.34. The zero-order valence-corrected chi connectivity index (χ0v) is 45.6. The first-order chi connectivity index (χ1) is 37.0. The highest BCUT2D eigenvalue weighted by Gasteiger charge is 2.35. The smallest absolute Gasteiger partial charge is 0.256 e. The van der Waals surface area contributed by atoms with Gasteiger partial charge in [0.15, 0.2) is 0 Å². The van der Waals surface area contributed by atoms with Crippen LogP contribution in [0.1, 0.15) is 128 Å². The SMILES string of the molecule is CCCn1cc(C(=O)NC(c2cc(C)ccn2)C2CC2)c(C)n1.COC[C@@H]1CCCN1Cc1cccc(C(=O)Nc2c(C)cnn2C)c1.O=C(c1ccccc1C1CCNC1)N1CCN(C/C=C/c2ccccc2)CC1. The number of ether oxygens (including phenoxy) is 1. The summed E-state index contributed by atoms with van der Waals surface area (Å²) in [6.07, 6.45) is 16.6. The Morgan fingerprint density at radius 1 is 0.868 bits per heavy atom. The van der Waals surface area contributed by atoms with E-state index in [-0.39, 0.29) is 23.8 Å². The molecule has 0 spiro atoms. The van der Waals surface area contributed by atoms with Crippen LogP contribution in [0.5, 0.6) is 0 Å². The molecule has 15 nitrogen and oxygen atoms in total. The normalized spacial score (nSPS) is 18.2. The average Bonchev–Trinajstić information content (AvgIpc) is 3.67. The quantitative estimate of drug-likeness (QED) is 0.0807. The van der Waals surface area contributed by atoms with Crippen molar-refractivity contribution in [2.45, 2.75) is 97.3 Å². The third-order valence-electron chi connectivity index (χ3n) is 14.9. The molecule has 76 heavy (non-hydrogen) atoms. The van der Waals surface area contributed by atoms with Gasteiger partial charge in [-0.2, -0.15) is 10.2 Å². The van der Waals surface area contributed by atoms with Gasteiger partial charge in [-0.05, 0) is 137 Å². The van der Waals surface area contributed by atoms with E-state index >= 15 is 0 Å². The predicted molar refractivity (Wildman–Crippen MR) is 301 cm³/mol. The number of hydrogen-bond donors (Lipinski definition) is 3. The molecule has 10 rings (SSSR count). The second-order valence-corrected chi connectivity index (χ2v) is 20.8. The Hall–Kier alpha value is -6.78. The summed E-state index contributed by atoms with van der Waals surface area (Å²) in [6, 6.07) is 30.9. The Morgan fingerprint density at radius 3 is 2.37 bits per heavy atom. The highest BCUT2D eigenvalue weighted by Crippen LogP contribution is 2.41. The predicted octanol–water partition coefficient (Wildman–Crippen LogP) is 9.01. The summed E-state index contributed by atoms with van der Waals surface area (Å²) in [7, 11) is 3.57. The molecule has 3 N–H and O–H groups in total. The number of hydrogen-bond acceptors (Lipinski definition) is 10. The number of aryl methyl sites for hydroxylation is 5. The number of likely N-dealkylation sites (tertiary alicyclic amines) is 1. The zero-order valence-electron chi connectivity index (χ0n) is 45.6. The van der Waals surface area contributed by atoms with Gasteiger partial charge in [0, 0.05) is 102 Å². The Morgan fingerprint density at radius 2 is 1.66 bits per heavy atom. The fourth-order valence-electron chi connectivity index (χ4n) is 10.5. The number of nitrogens with zero attached hydrogens (tertiary/aromatic N) is 8. The third kappa shape index (κ3) is 15.2. The summed E-state index contributed by atoms with van der Waals surface area (Å²) in [4.78, 5) is 49.8. The van der Waals surface area contributed by atoms with Gasteiger partial charge in [0.1, 0.15) is 5.82 Å². The van der Waals surface area contributed by atoms with Gasteiger partial charge in [0.05, 0.1) is 35.8 Å². The third-order valence-corrected chi connectivity index (χ3v) is 14.9. The zero-order chi connectivity index (χ0) is 53.4. The number of carbonyl (C=O) groups excluding carboxylic acids is 3. The molecule has 3 aliphatic heterocycles. The average molecular weight is 1030 g/mol. The summed E-state index contributed by atoms with van der Waals surface area (Å²) in [6.45, 7) is 17.9. The van der Waals surface area contributed by atoms with Gasteiger partial charge in [-0.15, -0.1) is 0 Å². The minimum Gasteiger partial charge on any atom is -0.383 e. The topological polar surface area (TPSA) is 155 Å². The van der Waals surface area contributed by atoms with Crippen LogP contribution in [-0.2, 0) is 24.9 Å². The van der Waals surface area contributed by atoms with Gasteiger partial charge in [-0.25, -0.2) is 0 Å². The van der Waals surface area contributed by atoms with Crippen molar-refractivity contribution in [1.29, 1.82) is 0 Å². The summed E-state index contributed by atoms with van der Waals surface area (Å²) < 4.78 is 8.85. The van der Waals surface area contributed by atoms with Crippen LogP contribution in [0.25, 0.3) is 6.08 Å². The van der Waals surface area contributed by atoms with E-state index in [0.29, 0.717) is 29.0 Å². The van der Waals surface area contributed by atoms with Crippen LogP contribution in [0.3, 0.4) is 0 Å². The molecule has 3 saturated heterocycles. The Kier molecular flexibility index (Phi) is 19.9. The first-order valence-electron chi connectivity index (χ1n) is 27.4. The molecule has 1 saturated carbocycles. The number of nitrogens with one attached hydrogen (secondary N) is 3. The van der Waals surface area contributed by atoms with E-state index in [1.54, 1.807) is 18.0 Å². The number of amides is 3. The molecule has 6 aromatic rings. The van der Waals surface area contributed by atoms with Crippen molar-refractivity contribution in [1.82, 2.24) is 49.9 Å². The van der Waals surface area contributed by atoms with E-state index in [9.17, 15) is 14.4 Å². The molecule has 402 valence electrons. The monoisotopic (exact) mass is 1030 g/mol. The fraction of sp³-hybridized carbons (Fsp3) is 0.443. The molecular weight excluding hydrogens is 951 g/mol. The highest BCUT2D eigenvalue weighted by atomic mass is 16.5. The lowest BCUT2D eigenvalue weighted by molar-refractivity contribution is 0.0648. The Labute approximate surface area is 450 Å². The number of piperazine rings is 1. The van der Waals surface area contributed by atoms with Crippen LogP contribution < -0.4 is 16.0 Å². The highest BCUT2D eigenvalue weighted by molar-refractivity contribution is 6.04. The van der Waals surface area contributed by atoms with E-state index in [4.69, 9.17) is 4.74 Å². The van der Waals surface area contributed by atoms with Crippen molar-refractivity contribution >= 4 is 29.6 Å². The van der Waals surface area contributed by atoms with Crippen molar-refractivity contribution in [3.63, 3.8) is 0 Å². The molecule has 15 heteroatoms. The van der Waals surface area contributed by atoms with Gasteiger partial charge in [0.2, 0.25) is 0 Å². The van der Waals surface area contributed by atoms with Gasteiger partial charge in [-0.1, -0.05) is 79.7 Å². The maximum Gasteiger partial charge on any atom is 0.256 e. The van der Waals surface area contributed by atoms with Crippen LogP contribution >= 0.6 is 0 Å². The number of carbonyl (C=O) groups is 3. The number of benzene rings is 3. The van der Waals surface area contributed by atoms with Gasteiger partial charge < -0.3 is 25.6 Å². The minimum atomic E-state index is -0.108. The number of rotatable bonds is 17. The molecule has 6 heterocycles. The maximum absolute atomic E-state index is 13.2. The van der Waals surface area contributed by atoms with Crippen LogP contribution in [0.4, 0.5) is 5.82 Å². The number of methoxy groups -OCH3 is 1. The van der Waals surface area contributed by atoms with Gasteiger partial charge in [-0.3, -0.25) is 38.5 Å². The summed E-state index contributed by atoms with van der Waals surface area (Å²) >= 11 is 0. The van der Waals surface area contributed by atoms with Crippen molar-refractivity contribution in [3.8, 4) is 0 Å². The van der Waals surface area contributed by atoms with Crippen LogP contribution in [0.15, 0.2) is 116 Å². The molecule has 3 atom stereocenters. The van der Waals surface area contributed by atoms with E-state index in [2.05, 4.69) is 115 Å². The second-order valence-electron chi connectivity index (χ2n) is 20.8. The van der Waals surface area contributed by atoms with Crippen LogP contribution in [0.2, 0.25) is 0 Å². The summed E-state index contributed by atoms with van der Waals surface area (Å²) in [5, 5.41) is 18.1. The molecule has 0 bridgehead atoms. The molecule has 1 aliphatic carbocycles. The molecule has 0 radical (unpaired) electrons. The summed E-state index contributed by atoms with van der Waals surface area (Å²) in [5.41, 5.74) is 9.68. The van der Waals surface area contributed by atoms with E-state index in [0.717, 1.165) is 132 Å². The van der Waals surface area contributed by atoms with E-state index < -0.39 is 0 Å². The Bertz CT molecular complexity index is 2840. The molecule has 3 aromatic carbocycles. The lowest BCUT2D eigenvalue weighted by Crippen LogP contribution is -2.48. The molecule has 4 aliphatic rings. The number of pyridine rings is 1. The van der Waals surface area contributed by atoms with Crippen LogP contribution in [0, 0.1) is 26.7 Å². The molecule has 4 fully saturated rings. The Balaban J connectivity index is 0.000000152. The fourth-order valence-corrected chi connectivity index (χ4v) is 10.5. The van der Waals surface area contributed by atoms with E-state index in [1.807, 2.05) is 85.3 Å². The molecule has 2 unspecified atom stereocenters. The van der Waals surface area contributed by atoms with Crippen molar-refractivity contribution < 1.29 is 19.1 Å². The first kappa shape index (κ1) is 55.5.